The van der Waals surface area contributed by atoms with Crippen molar-refractivity contribution in [2.75, 3.05) is 18.9 Å². The van der Waals surface area contributed by atoms with Crippen molar-refractivity contribution in [2.24, 2.45) is 0 Å². The number of hydrogen-bond donors (Lipinski definition) is 2. The molecule has 0 amide bonds. The van der Waals surface area contributed by atoms with Gasteiger partial charge in [-0.05, 0) is 43.5 Å². The van der Waals surface area contributed by atoms with Crippen LogP contribution >= 0.6 is 0 Å². The molecule has 19 heavy (non-hydrogen) atoms. The lowest BCUT2D eigenvalue weighted by atomic mass is 9.98. The maximum atomic E-state index is 9.14. The predicted octanol–water partition coefficient (Wildman–Crippen LogP) is 2.71. The molecule has 1 saturated carbocycles. The fourth-order valence-electron chi connectivity index (χ4n) is 2.01. The van der Waals surface area contributed by atoms with Crippen LogP contribution in [0.3, 0.4) is 0 Å². The average Bonchev–Trinajstić information content (AvgIpc) is 3.21. The normalized spacial score (nSPS) is 16.6. The molecule has 4 nitrogen and oxygen atoms in total. The van der Waals surface area contributed by atoms with E-state index in [1.165, 1.54) is 0 Å². The third kappa shape index (κ3) is 3.27. The van der Waals surface area contributed by atoms with E-state index < -0.39 is 0 Å². The Morgan fingerprint density at radius 2 is 2.11 bits per heavy atom. The van der Waals surface area contributed by atoms with Crippen LogP contribution < -0.4 is 10.8 Å². The van der Waals surface area contributed by atoms with Crippen LogP contribution in [0.15, 0.2) is 36.1 Å². The number of hydroxylamine groups is 1. The Hall–Kier alpha value is -1.99. The minimum atomic E-state index is -0.199. The second-order valence-corrected chi connectivity index (χ2v) is 4.77. The van der Waals surface area contributed by atoms with Crippen molar-refractivity contribution in [3.63, 3.8) is 0 Å². The molecule has 1 aromatic rings. The first-order valence-electron chi connectivity index (χ1n) is 6.46. The Morgan fingerprint density at radius 3 is 2.63 bits per heavy atom. The summed E-state index contributed by atoms with van der Waals surface area (Å²) in [5, 5.41) is 12.4. The molecule has 1 fully saturated rings. The lowest BCUT2D eigenvalue weighted by Crippen LogP contribution is -2.07. The summed E-state index contributed by atoms with van der Waals surface area (Å²) >= 11 is 0. The third-order valence-corrected chi connectivity index (χ3v) is 3.36. The van der Waals surface area contributed by atoms with Crippen LogP contribution in [0.4, 0.5) is 5.69 Å². The van der Waals surface area contributed by atoms with Crippen LogP contribution in [0.5, 0.6) is 0 Å². The molecule has 2 rings (SSSR count). The Bertz CT molecular complexity index is 495. The number of rotatable bonds is 6. The van der Waals surface area contributed by atoms with Crippen LogP contribution in [0.2, 0.25) is 0 Å². The summed E-state index contributed by atoms with van der Waals surface area (Å²) < 4.78 is 0. The van der Waals surface area contributed by atoms with Gasteiger partial charge >= 0.3 is 0 Å². The van der Waals surface area contributed by atoms with Crippen molar-refractivity contribution in [3.05, 3.63) is 41.7 Å². The quantitative estimate of drug-likeness (QED) is 0.607. The Morgan fingerprint density at radius 1 is 1.42 bits per heavy atom. The van der Waals surface area contributed by atoms with Crippen LogP contribution in [0.1, 0.15) is 25.3 Å². The van der Waals surface area contributed by atoms with Crippen molar-refractivity contribution in [2.45, 2.75) is 25.2 Å². The summed E-state index contributed by atoms with van der Waals surface area (Å²) in [6, 6.07) is 10.5. The van der Waals surface area contributed by atoms with Gasteiger partial charge in [0, 0.05) is 19.3 Å². The molecule has 100 valence electrons. The number of nitriles is 1. The zero-order chi connectivity index (χ0) is 13.7. The Kier molecular flexibility index (Phi) is 4.08. The SMILES string of the molecule is CNO/C(C)=C\CNc1ccc(C2(C#N)CC2)cc1. The van der Waals surface area contributed by atoms with Crippen LogP contribution in [0, 0.1) is 11.3 Å². The zero-order valence-electron chi connectivity index (χ0n) is 11.4. The van der Waals surface area contributed by atoms with E-state index in [2.05, 4.69) is 16.9 Å². The van der Waals surface area contributed by atoms with E-state index in [4.69, 9.17) is 10.1 Å². The van der Waals surface area contributed by atoms with Crippen molar-refractivity contribution < 1.29 is 4.84 Å². The highest BCUT2D eigenvalue weighted by Gasteiger charge is 2.44. The Labute approximate surface area is 114 Å². The van der Waals surface area contributed by atoms with E-state index in [1.807, 2.05) is 37.3 Å². The van der Waals surface area contributed by atoms with E-state index >= 15 is 0 Å². The van der Waals surface area contributed by atoms with Gasteiger partial charge in [0.1, 0.15) is 5.76 Å². The van der Waals surface area contributed by atoms with Crippen molar-refractivity contribution in [1.82, 2.24) is 5.48 Å². The molecule has 0 heterocycles. The van der Waals surface area contributed by atoms with Crippen LogP contribution in [-0.4, -0.2) is 13.6 Å². The van der Waals surface area contributed by atoms with Gasteiger partial charge in [-0.3, -0.25) is 0 Å². The minimum absolute atomic E-state index is 0.199. The Balaban J connectivity index is 1.90. The predicted molar refractivity (Wildman–Crippen MR) is 75.4 cm³/mol. The summed E-state index contributed by atoms with van der Waals surface area (Å²) in [6.45, 7) is 2.60. The standard InChI is InChI=1S/C15H19N3O/c1-12(19-17-2)7-10-18-14-5-3-13(4-6-14)15(11-16)8-9-15/h3-7,17-18H,8-10H2,1-2H3/b12-7-. The fraction of sp³-hybridized carbons (Fsp3) is 0.400. The molecule has 4 heteroatoms. The monoisotopic (exact) mass is 257 g/mol. The van der Waals surface area contributed by atoms with Gasteiger partial charge in [0.15, 0.2) is 0 Å². The molecule has 0 bridgehead atoms. The molecule has 0 aliphatic heterocycles. The maximum Gasteiger partial charge on any atom is 0.118 e. The number of hydrogen-bond acceptors (Lipinski definition) is 4. The second kappa shape index (κ2) is 5.77. The molecular formula is C15H19N3O. The molecule has 1 aromatic carbocycles. The summed E-state index contributed by atoms with van der Waals surface area (Å²) in [6.07, 6.45) is 3.93. The molecule has 0 spiro atoms. The van der Waals surface area contributed by atoms with E-state index in [-0.39, 0.29) is 5.41 Å². The molecule has 2 N–H and O–H groups in total. The first-order chi connectivity index (χ1) is 9.20. The van der Waals surface area contributed by atoms with Crippen LogP contribution in [0.25, 0.3) is 0 Å². The molecule has 0 atom stereocenters. The molecule has 0 unspecified atom stereocenters. The molecular weight excluding hydrogens is 238 g/mol. The van der Waals surface area contributed by atoms with Gasteiger partial charge < -0.3 is 10.2 Å². The van der Waals surface area contributed by atoms with Crippen molar-refractivity contribution >= 4 is 5.69 Å². The van der Waals surface area contributed by atoms with Gasteiger partial charge in [-0.1, -0.05) is 12.1 Å². The molecule has 0 saturated heterocycles. The molecule has 0 radical (unpaired) electrons. The van der Waals surface area contributed by atoms with Crippen LogP contribution in [-0.2, 0) is 10.3 Å². The van der Waals surface area contributed by atoms with Crippen molar-refractivity contribution in [1.29, 1.82) is 5.26 Å². The third-order valence-electron chi connectivity index (χ3n) is 3.36. The second-order valence-electron chi connectivity index (χ2n) is 4.77. The first kappa shape index (κ1) is 13.4. The van der Waals surface area contributed by atoms with E-state index in [0.717, 1.165) is 29.9 Å². The van der Waals surface area contributed by atoms with E-state index in [1.54, 1.807) is 7.05 Å². The lowest BCUT2D eigenvalue weighted by Gasteiger charge is -2.09. The van der Waals surface area contributed by atoms with Gasteiger partial charge in [0.05, 0.1) is 11.5 Å². The lowest BCUT2D eigenvalue weighted by molar-refractivity contribution is 0.127. The van der Waals surface area contributed by atoms with Crippen molar-refractivity contribution in [3.8, 4) is 6.07 Å². The summed E-state index contributed by atoms with van der Waals surface area (Å²) in [4.78, 5) is 5.10. The van der Waals surface area contributed by atoms with Gasteiger partial charge in [-0.25, -0.2) is 0 Å². The minimum Gasteiger partial charge on any atom is -0.414 e. The highest BCUT2D eigenvalue weighted by molar-refractivity contribution is 5.49. The van der Waals surface area contributed by atoms with Gasteiger partial charge in [0.25, 0.3) is 0 Å². The average molecular weight is 257 g/mol. The van der Waals surface area contributed by atoms with Gasteiger partial charge in [-0.15, -0.1) is 0 Å². The molecule has 0 aromatic heterocycles. The first-order valence-corrected chi connectivity index (χ1v) is 6.46. The maximum absolute atomic E-state index is 9.14. The number of anilines is 1. The fourth-order valence-corrected chi connectivity index (χ4v) is 2.01. The summed E-state index contributed by atoms with van der Waals surface area (Å²) in [5.74, 6) is 0.827. The highest BCUT2D eigenvalue weighted by Crippen LogP contribution is 2.47. The van der Waals surface area contributed by atoms with E-state index in [9.17, 15) is 0 Å². The smallest absolute Gasteiger partial charge is 0.118 e. The number of benzene rings is 1. The number of allylic oxidation sites excluding steroid dienone is 1. The zero-order valence-corrected chi connectivity index (χ0v) is 11.4. The summed E-state index contributed by atoms with van der Waals surface area (Å²) in [5.41, 5.74) is 4.61. The van der Waals surface area contributed by atoms with Gasteiger partial charge in [-0.2, -0.15) is 10.7 Å². The number of nitrogens with one attached hydrogen (secondary N) is 2. The molecule has 1 aliphatic rings. The van der Waals surface area contributed by atoms with E-state index in [0.29, 0.717) is 6.54 Å². The number of nitrogens with zero attached hydrogens (tertiary/aromatic N) is 1. The molecule has 1 aliphatic carbocycles. The largest absolute Gasteiger partial charge is 0.414 e. The topological polar surface area (TPSA) is 57.1 Å². The van der Waals surface area contributed by atoms with Gasteiger partial charge in [0.2, 0.25) is 0 Å². The summed E-state index contributed by atoms with van der Waals surface area (Å²) in [7, 11) is 1.73. The highest BCUT2D eigenvalue weighted by atomic mass is 16.6.